The Morgan fingerprint density at radius 3 is 2.64 bits per heavy atom. The highest BCUT2D eigenvalue weighted by Crippen LogP contribution is 2.25. The van der Waals surface area contributed by atoms with E-state index in [1.807, 2.05) is 0 Å². The van der Waals surface area contributed by atoms with E-state index in [-0.39, 0.29) is 31.4 Å². The Morgan fingerprint density at radius 1 is 1.29 bits per heavy atom. The van der Waals surface area contributed by atoms with Crippen molar-refractivity contribution in [1.82, 2.24) is 15.6 Å². The van der Waals surface area contributed by atoms with Crippen LogP contribution in [0.15, 0.2) is 42.6 Å². The maximum absolute atomic E-state index is 13.1. The van der Waals surface area contributed by atoms with Crippen molar-refractivity contribution in [3.63, 3.8) is 0 Å². The molecule has 1 unspecified atom stereocenters. The summed E-state index contributed by atoms with van der Waals surface area (Å²) in [5, 5.41) is 5.15. The Labute approximate surface area is 173 Å². The number of benzene rings is 1. The zero-order valence-electron chi connectivity index (χ0n) is 15.0. The number of hydrogen-bond donors (Lipinski definition) is 2. The van der Waals surface area contributed by atoms with Crippen LogP contribution in [0.25, 0.3) is 0 Å². The van der Waals surface area contributed by atoms with Gasteiger partial charge >= 0.3 is 0 Å². The second kappa shape index (κ2) is 10.4. The van der Waals surface area contributed by atoms with Crippen LogP contribution in [0.2, 0.25) is 0 Å². The predicted octanol–water partition coefficient (Wildman–Crippen LogP) is 3.34. The van der Waals surface area contributed by atoms with Crippen molar-refractivity contribution < 1.29 is 23.0 Å². The third kappa shape index (κ3) is 6.47. The molecule has 0 radical (unpaired) electrons. The second-order valence-corrected chi connectivity index (χ2v) is 6.00. The number of amides is 1. The molecule has 1 saturated heterocycles. The topological polar surface area (TPSA) is 72.5 Å². The minimum Gasteiger partial charge on any atom is -0.497 e. The molecule has 10 heteroatoms. The van der Waals surface area contributed by atoms with E-state index in [2.05, 4.69) is 15.6 Å². The Balaban J connectivity index is 0.00000196. The predicted molar refractivity (Wildman–Crippen MR) is 105 cm³/mol. The lowest BCUT2D eigenvalue weighted by Crippen LogP contribution is -2.40. The first kappa shape index (κ1) is 23.9. The Kier molecular flexibility index (Phi) is 8.87. The van der Waals surface area contributed by atoms with Crippen LogP contribution in [-0.4, -0.2) is 36.5 Å². The third-order valence-electron chi connectivity index (χ3n) is 3.95. The van der Waals surface area contributed by atoms with Crippen LogP contribution in [0.3, 0.4) is 0 Å². The number of hydrogen-bond acceptors (Lipinski definition) is 5. The number of aromatic nitrogens is 1. The van der Waals surface area contributed by atoms with Crippen LogP contribution in [0.4, 0.5) is 8.78 Å². The van der Waals surface area contributed by atoms with E-state index in [0.29, 0.717) is 17.4 Å². The number of alkyl halides is 2. The summed E-state index contributed by atoms with van der Waals surface area (Å²) in [7, 11) is 1.57. The van der Waals surface area contributed by atoms with E-state index in [1.54, 1.807) is 49.7 Å². The second-order valence-electron chi connectivity index (χ2n) is 6.00. The zero-order chi connectivity index (χ0) is 18.6. The third-order valence-corrected chi connectivity index (χ3v) is 3.95. The van der Waals surface area contributed by atoms with Crippen molar-refractivity contribution in [3.05, 3.63) is 48.2 Å². The lowest BCUT2D eigenvalue weighted by Gasteiger charge is -2.11. The van der Waals surface area contributed by atoms with Crippen LogP contribution in [0.5, 0.6) is 17.4 Å². The lowest BCUT2D eigenvalue weighted by molar-refractivity contribution is -0.123. The quantitative estimate of drug-likeness (QED) is 0.727. The zero-order valence-corrected chi connectivity index (χ0v) is 16.6. The number of halogens is 4. The van der Waals surface area contributed by atoms with Gasteiger partial charge < -0.3 is 14.8 Å². The standard InChI is InChI=1S/C18H19F2N3O3.2ClH/c1-25-13-3-2-4-14(7-13)26-16-6-5-12(9-21-16)10-22-17(24)15-8-18(19,20)11-23-15;;/h2-7,9,15,23H,8,10-11H2,1H3,(H,22,24);2*1H. The highest BCUT2D eigenvalue weighted by Gasteiger charge is 2.42. The first-order chi connectivity index (χ1) is 12.4. The summed E-state index contributed by atoms with van der Waals surface area (Å²) in [4.78, 5) is 16.1. The van der Waals surface area contributed by atoms with Gasteiger partial charge in [-0.15, -0.1) is 24.8 Å². The molecule has 1 atom stereocenters. The Bertz CT molecular complexity index is 779. The van der Waals surface area contributed by atoms with E-state index < -0.39 is 30.8 Å². The fourth-order valence-corrected chi connectivity index (χ4v) is 2.57. The Morgan fingerprint density at radius 2 is 2.04 bits per heavy atom. The molecule has 0 bridgehead atoms. The summed E-state index contributed by atoms with van der Waals surface area (Å²) in [6.07, 6.45) is 1.08. The largest absolute Gasteiger partial charge is 0.497 e. The first-order valence-corrected chi connectivity index (χ1v) is 8.11. The van der Waals surface area contributed by atoms with Gasteiger partial charge in [0, 0.05) is 31.3 Å². The number of nitrogens with zero attached hydrogens (tertiary/aromatic N) is 1. The molecule has 3 rings (SSSR count). The Hall–Kier alpha value is -2.16. The monoisotopic (exact) mass is 435 g/mol. The van der Waals surface area contributed by atoms with Gasteiger partial charge in [-0.3, -0.25) is 10.1 Å². The summed E-state index contributed by atoms with van der Waals surface area (Å²) in [5.41, 5.74) is 0.737. The molecule has 0 spiro atoms. The minimum atomic E-state index is -2.83. The van der Waals surface area contributed by atoms with Crippen molar-refractivity contribution in [2.45, 2.75) is 24.9 Å². The minimum absolute atomic E-state index is 0. The van der Waals surface area contributed by atoms with E-state index >= 15 is 0 Å². The maximum atomic E-state index is 13.1. The number of carbonyl (C=O) groups excluding carboxylic acids is 1. The van der Waals surface area contributed by atoms with Crippen LogP contribution in [0.1, 0.15) is 12.0 Å². The molecule has 2 heterocycles. The molecule has 154 valence electrons. The molecule has 2 aromatic rings. The summed E-state index contributed by atoms with van der Waals surface area (Å²) in [6.45, 7) is -0.266. The highest BCUT2D eigenvalue weighted by atomic mass is 35.5. The molecule has 0 aliphatic carbocycles. The van der Waals surface area contributed by atoms with Crippen molar-refractivity contribution in [1.29, 1.82) is 0 Å². The molecule has 1 aliphatic rings. The van der Waals surface area contributed by atoms with E-state index in [4.69, 9.17) is 9.47 Å². The number of pyridine rings is 1. The molecule has 28 heavy (non-hydrogen) atoms. The summed E-state index contributed by atoms with van der Waals surface area (Å²) < 4.78 is 37.0. The summed E-state index contributed by atoms with van der Waals surface area (Å²) >= 11 is 0. The molecule has 6 nitrogen and oxygen atoms in total. The fraction of sp³-hybridized carbons (Fsp3) is 0.333. The van der Waals surface area contributed by atoms with Gasteiger partial charge in [0.05, 0.1) is 19.7 Å². The average Bonchev–Trinajstić information content (AvgIpc) is 3.01. The number of nitrogens with one attached hydrogen (secondary N) is 2. The molecule has 1 aliphatic heterocycles. The maximum Gasteiger partial charge on any atom is 0.262 e. The van der Waals surface area contributed by atoms with Crippen LogP contribution < -0.4 is 20.1 Å². The van der Waals surface area contributed by atoms with Crippen molar-refractivity contribution in [2.24, 2.45) is 0 Å². The fourth-order valence-electron chi connectivity index (χ4n) is 2.57. The summed E-state index contributed by atoms with van der Waals surface area (Å²) in [6, 6.07) is 9.68. The van der Waals surface area contributed by atoms with Crippen LogP contribution in [-0.2, 0) is 11.3 Å². The summed E-state index contributed by atoms with van der Waals surface area (Å²) in [5.74, 6) is -1.62. The van der Waals surface area contributed by atoms with Gasteiger partial charge in [-0.2, -0.15) is 0 Å². The van der Waals surface area contributed by atoms with Crippen LogP contribution in [0, 0.1) is 0 Å². The smallest absolute Gasteiger partial charge is 0.262 e. The van der Waals surface area contributed by atoms with E-state index in [1.165, 1.54) is 0 Å². The molecule has 1 fully saturated rings. The van der Waals surface area contributed by atoms with Gasteiger partial charge in [0.2, 0.25) is 11.8 Å². The van der Waals surface area contributed by atoms with Gasteiger partial charge in [-0.25, -0.2) is 13.8 Å². The first-order valence-electron chi connectivity index (χ1n) is 8.11. The molecule has 1 aromatic carbocycles. The SMILES string of the molecule is COc1cccc(Oc2ccc(CNC(=O)C3CC(F)(F)CN3)cn2)c1.Cl.Cl. The lowest BCUT2D eigenvalue weighted by atomic mass is 10.2. The average molecular weight is 436 g/mol. The van der Waals surface area contributed by atoms with E-state index in [9.17, 15) is 13.6 Å². The molecule has 1 aromatic heterocycles. The van der Waals surface area contributed by atoms with Crippen molar-refractivity contribution in [3.8, 4) is 17.4 Å². The molecular formula is C18H21Cl2F2N3O3. The van der Waals surface area contributed by atoms with Gasteiger partial charge in [0.1, 0.15) is 11.5 Å². The van der Waals surface area contributed by atoms with Gasteiger partial charge in [0.25, 0.3) is 5.92 Å². The van der Waals surface area contributed by atoms with E-state index in [0.717, 1.165) is 5.56 Å². The van der Waals surface area contributed by atoms with Crippen molar-refractivity contribution >= 4 is 30.7 Å². The molecule has 1 amide bonds. The highest BCUT2D eigenvalue weighted by molar-refractivity contribution is 5.85. The van der Waals surface area contributed by atoms with Crippen molar-refractivity contribution in [2.75, 3.05) is 13.7 Å². The van der Waals surface area contributed by atoms with Gasteiger partial charge in [-0.1, -0.05) is 12.1 Å². The number of methoxy groups -OCH3 is 1. The van der Waals surface area contributed by atoms with Gasteiger partial charge in [-0.05, 0) is 17.7 Å². The number of rotatable bonds is 6. The number of carbonyl (C=O) groups is 1. The molecule has 2 N–H and O–H groups in total. The van der Waals surface area contributed by atoms with Gasteiger partial charge in [0.15, 0.2) is 0 Å². The molecular weight excluding hydrogens is 415 g/mol. The number of ether oxygens (including phenoxy) is 2. The molecule has 0 saturated carbocycles. The van der Waals surface area contributed by atoms with Crippen LogP contribution >= 0.6 is 24.8 Å². The normalized spacial score (nSPS) is 17.0.